The third-order valence-electron chi connectivity index (χ3n) is 3.60. The first-order valence-electron chi connectivity index (χ1n) is 7.33. The molecular weight excluding hydrogens is 282 g/mol. The van der Waals surface area contributed by atoms with Crippen molar-refractivity contribution in [2.45, 2.75) is 32.4 Å². The summed E-state index contributed by atoms with van der Waals surface area (Å²) in [5, 5.41) is 4.16. The van der Waals surface area contributed by atoms with E-state index in [1.807, 2.05) is 36.1 Å². The first kappa shape index (κ1) is 14.1. The zero-order valence-corrected chi connectivity index (χ0v) is 12.9. The van der Waals surface area contributed by atoms with Gasteiger partial charge in [0.05, 0.1) is 12.2 Å². The van der Waals surface area contributed by atoms with E-state index in [9.17, 15) is 4.79 Å². The van der Waals surface area contributed by atoms with Crippen molar-refractivity contribution in [2.24, 2.45) is 0 Å². The Morgan fingerprint density at radius 2 is 2.14 bits per heavy atom. The van der Waals surface area contributed by atoms with Crippen molar-refractivity contribution in [3.05, 3.63) is 52.2 Å². The predicted octanol–water partition coefficient (Wildman–Crippen LogP) is 3.95. The van der Waals surface area contributed by atoms with Gasteiger partial charge in [-0.2, -0.15) is 11.3 Å². The normalized spacial score (nSPS) is 14.0. The van der Waals surface area contributed by atoms with Gasteiger partial charge in [-0.25, -0.2) is 0 Å². The van der Waals surface area contributed by atoms with Crippen LogP contribution in [0.1, 0.15) is 35.7 Å². The van der Waals surface area contributed by atoms with E-state index in [-0.39, 0.29) is 5.91 Å². The Bertz CT molecular complexity index is 605. The maximum absolute atomic E-state index is 12.9. The molecule has 4 heteroatoms. The number of carbonyl (C=O) groups excluding carboxylic acids is 1. The number of nitrogens with zero attached hydrogens (tertiary/aromatic N) is 1. The summed E-state index contributed by atoms with van der Waals surface area (Å²) in [5.74, 6) is 0.758. The summed E-state index contributed by atoms with van der Waals surface area (Å²) in [6, 6.07) is 9.99. The number of hydrogen-bond acceptors (Lipinski definition) is 3. The van der Waals surface area contributed by atoms with Crippen LogP contribution in [0.25, 0.3) is 0 Å². The molecule has 0 saturated heterocycles. The molecule has 1 fully saturated rings. The molecule has 1 heterocycles. The van der Waals surface area contributed by atoms with Gasteiger partial charge in [-0.3, -0.25) is 4.79 Å². The monoisotopic (exact) mass is 301 g/mol. The van der Waals surface area contributed by atoms with Gasteiger partial charge in [0.25, 0.3) is 5.91 Å². The molecule has 1 aliphatic rings. The topological polar surface area (TPSA) is 29.5 Å². The Hall–Kier alpha value is -1.81. The van der Waals surface area contributed by atoms with Crippen LogP contribution < -0.4 is 4.74 Å². The fraction of sp³-hybridized carbons (Fsp3) is 0.353. The van der Waals surface area contributed by atoms with Gasteiger partial charge in [0, 0.05) is 12.6 Å². The molecule has 0 radical (unpaired) electrons. The summed E-state index contributed by atoms with van der Waals surface area (Å²) in [7, 11) is 0. The van der Waals surface area contributed by atoms with E-state index in [1.54, 1.807) is 11.3 Å². The highest BCUT2D eigenvalue weighted by Crippen LogP contribution is 2.32. The summed E-state index contributed by atoms with van der Waals surface area (Å²) < 4.78 is 5.60. The van der Waals surface area contributed by atoms with Crippen LogP contribution in [0.5, 0.6) is 5.75 Å². The van der Waals surface area contributed by atoms with Crippen LogP contribution >= 0.6 is 11.3 Å². The first-order valence-corrected chi connectivity index (χ1v) is 8.27. The second-order valence-corrected chi connectivity index (χ2v) is 6.01. The SMILES string of the molecule is CCOc1ccccc1C(=O)N(Cc1ccsc1)C1CC1. The second kappa shape index (κ2) is 6.31. The van der Waals surface area contributed by atoms with E-state index in [1.165, 1.54) is 5.56 Å². The maximum Gasteiger partial charge on any atom is 0.258 e. The minimum Gasteiger partial charge on any atom is -0.493 e. The average molecular weight is 301 g/mol. The molecule has 1 saturated carbocycles. The number of hydrogen-bond donors (Lipinski definition) is 0. The standard InChI is InChI=1S/C17H19NO2S/c1-2-20-16-6-4-3-5-15(16)17(19)18(14-7-8-14)11-13-9-10-21-12-13/h3-6,9-10,12,14H,2,7-8,11H2,1H3. The number of ether oxygens (including phenoxy) is 1. The molecule has 0 unspecified atom stereocenters. The minimum absolute atomic E-state index is 0.0766. The summed E-state index contributed by atoms with van der Waals surface area (Å²) in [4.78, 5) is 14.9. The highest BCUT2D eigenvalue weighted by Gasteiger charge is 2.34. The van der Waals surface area contributed by atoms with Crippen molar-refractivity contribution in [3.8, 4) is 5.75 Å². The second-order valence-electron chi connectivity index (χ2n) is 5.22. The fourth-order valence-corrected chi connectivity index (χ4v) is 3.07. The lowest BCUT2D eigenvalue weighted by molar-refractivity contribution is 0.0726. The molecule has 0 spiro atoms. The molecule has 0 N–H and O–H groups in total. The number of benzene rings is 1. The number of thiophene rings is 1. The maximum atomic E-state index is 12.9. The van der Waals surface area contributed by atoms with Gasteiger partial charge < -0.3 is 9.64 Å². The molecule has 0 bridgehead atoms. The van der Waals surface area contributed by atoms with Gasteiger partial charge >= 0.3 is 0 Å². The van der Waals surface area contributed by atoms with E-state index in [0.29, 0.717) is 30.5 Å². The Balaban J connectivity index is 1.84. The summed E-state index contributed by atoms with van der Waals surface area (Å²) in [6.07, 6.45) is 2.21. The average Bonchev–Trinajstić information content (AvgIpc) is 3.21. The zero-order chi connectivity index (χ0) is 14.7. The lowest BCUT2D eigenvalue weighted by Gasteiger charge is -2.23. The van der Waals surface area contributed by atoms with Crippen molar-refractivity contribution >= 4 is 17.2 Å². The quantitative estimate of drug-likeness (QED) is 0.808. The smallest absolute Gasteiger partial charge is 0.258 e. The number of carbonyl (C=O) groups is 1. The van der Waals surface area contributed by atoms with Crippen molar-refractivity contribution in [1.29, 1.82) is 0 Å². The number of amides is 1. The zero-order valence-electron chi connectivity index (χ0n) is 12.1. The molecule has 1 aromatic heterocycles. The van der Waals surface area contributed by atoms with Gasteiger partial charge in [-0.1, -0.05) is 12.1 Å². The number of rotatable bonds is 6. The van der Waals surface area contributed by atoms with E-state index < -0.39 is 0 Å². The largest absolute Gasteiger partial charge is 0.493 e. The van der Waals surface area contributed by atoms with E-state index in [0.717, 1.165) is 12.8 Å². The minimum atomic E-state index is 0.0766. The number of para-hydroxylation sites is 1. The van der Waals surface area contributed by atoms with Crippen LogP contribution in [0.15, 0.2) is 41.1 Å². The van der Waals surface area contributed by atoms with Gasteiger partial charge in [-0.15, -0.1) is 0 Å². The van der Waals surface area contributed by atoms with Gasteiger partial charge in [0.15, 0.2) is 0 Å². The van der Waals surface area contributed by atoms with Crippen molar-refractivity contribution in [3.63, 3.8) is 0 Å². The molecule has 21 heavy (non-hydrogen) atoms. The van der Waals surface area contributed by atoms with E-state index >= 15 is 0 Å². The molecule has 0 atom stereocenters. The third kappa shape index (κ3) is 3.27. The predicted molar refractivity (Wildman–Crippen MR) is 84.8 cm³/mol. The lowest BCUT2D eigenvalue weighted by atomic mass is 10.1. The Morgan fingerprint density at radius 1 is 1.33 bits per heavy atom. The highest BCUT2D eigenvalue weighted by atomic mass is 32.1. The summed E-state index contributed by atoms with van der Waals surface area (Å²) >= 11 is 1.67. The van der Waals surface area contributed by atoms with Gasteiger partial charge in [-0.05, 0) is 54.3 Å². The molecule has 3 rings (SSSR count). The van der Waals surface area contributed by atoms with Crippen molar-refractivity contribution < 1.29 is 9.53 Å². The highest BCUT2D eigenvalue weighted by molar-refractivity contribution is 7.07. The molecule has 110 valence electrons. The Kier molecular flexibility index (Phi) is 4.25. The van der Waals surface area contributed by atoms with Crippen LogP contribution in [-0.2, 0) is 6.54 Å². The van der Waals surface area contributed by atoms with Crippen LogP contribution in [0.2, 0.25) is 0 Å². The van der Waals surface area contributed by atoms with Gasteiger partial charge in [0.2, 0.25) is 0 Å². The molecule has 1 aromatic carbocycles. The molecule has 2 aromatic rings. The molecule has 0 aliphatic heterocycles. The van der Waals surface area contributed by atoms with Crippen LogP contribution in [0.3, 0.4) is 0 Å². The third-order valence-corrected chi connectivity index (χ3v) is 4.33. The Morgan fingerprint density at radius 3 is 2.81 bits per heavy atom. The lowest BCUT2D eigenvalue weighted by Crippen LogP contribution is -2.32. The van der Waals surface area contributed by atoms with E-state index in [4.69, 9.17) is 4.74 Å². The van der Waals surface area contributed by atoms with Crippen molar-refractivity contribution in [1.82, 2.24) is 4.90 Å². The summed E-state index contributed by atoms with van der Waals surface area (Å²) in [5.41, 5.74) is 1.87. The molecule has 1 amide bonds. The molecule has 3 nitrogen and oxygen atoms in total. The van der Waals surface area contributed by atoms with Crippen molar-refractivity contribution in [2.75, 3.05) is 6.61 Å². The molecule has 1 aliphatic carbocycles. The summed E-state index contributed by atoms with van der Waals surface area (Å²) in [6.45, 7) is 3.19. The first-order chi connectivity index (χ1) is 10.3. The van der Waals surface area contributed by atoms with Crippen LogP contribution in [-0.4, -0.2) is 23.5 Å². The van der Waals surface area contributed by atoms with Crippen LogP contribution in [0, 0.1) is 0 Å². The van der Waals surface area contributed by atoms with E-state index in [2.05, 4.69) is 16.8 Å². The fourth-order valence-electron chi connectivity index (χ4n) is 2.41. The van der Waals surface area contributed by atoms with Gasteiger partial charge in [0.1, 0.15) is 5.75 Å². The Labute approximate surface area is 129 Å². The molecular formula is C17H19NO2S. The van der Waals surface area contributed by atoms with Crippen LogP contribution in [0.4, 0.5) is 0 Å².